The van der Waals surface area contributed by atoms with Crippen LogP contribution in [-0.2, 0) is 6.50 Å². The molecule has 0 radical (unpaired) electrons. The number of hydrogen-bond donors (Lipinski definition) is 1. The average molecular weight is 338 g/mol. The number of aliphatic hydroxyl groups is 1. The van der Waals surface area contributed by atoms with Crippen molar-refractivity contribution in [2.75, 3.05) is 6.56 Å². The Hall–Kier alpha value is -1.61. The number of hydrogen-bond acceptors (Lipinski definition) is 2. The Morgan fingerprint density at radius 1 is 1.17 bits per heavy atom. The van der Waals surface area contributed by atoms with Gasteiger partial charge in [-0.15, -0.1) is 0 Å². The van der Waals surface area contributed by atoms with Crippen LogP contribution in [0, 0.1) is 16.7 Å². The molecule has 2 aromatic rings. The predicted molar refractivity (Wildman–Crippen MR) is 98.3 cm³/mol. The lowest BCUT2D eigenvalue weighted by Crippen LogP contribution is -2.07. The monoisotopic (exact) mass is 337 g/mol. The summed E-state index contributed by atoms with van der Waals surface area (Å²) in [5.74, 6) is -0.629. The fraction of sp³-hybridized carbons (Fsp3) is 0.571. The van der Waals surface area contributed by atoms with Crippen LogP contribution < -0.4 is 0 Å². The molecule has 3 heteroatoms. The number of para-hydroxylation sites is 1. The molecule has 0 aliphatic heterocycles. The lowest BCUT2D eigenvalue weighted by Gasteiger charge is -2.04. The number of rotatable bonds is 7. The fourth-order valence-electron chi connectivity index (χ4n) is 3.62. The summed E-state index contributed by atoms with van der Waals surface area (Å²) in [5.41, 5.74) is -0.401. The van der Waals surface area contributed by atoms with Crippen molar-refractivity contribution in [2.45, 2.75) is 53.3 Å². The van der Waals surface area contributed by atoms with Gasteiger partial charge >= 0.3 is 0 Å². The quantitative estimate of drug-likeness (QED) is 0.746. The van der Waals surface area contributed by atoms with Crippen molar-refractivity contribution in [3.63, 3.8) is 0 Å². The highest BCUT2D eigenvalue weighted by Gasteiger charge is 2.68. The van der Waals surface area contributed by atoms with Gasteiger partial charge in [0.25, 0.3) is 0 Å². The van der Waals surface area contributed by atoms with Gasteiger partial charge in [0.15, 0.2) is 5.78 Å². The number of benzene rings is 1. The molecule has 0 amide bonds. The van der Waals surface area contributed by atoms with Gasteiger partial charge in [0.2, 0.25) is 0 Å². The van der Waals surface area contributed by atoms with Crippen LogP contribution in [0.2, 0.25) is 0 Å². The fourth-order valence-corrected chi connectivity index (χ4v) is 3.62. The maximum atomic E-state index is 13.5. The van der Waals surface area contributed by atoms with Crippen LogP contribution in [0.5, 0.6) is 0 Å². The number of aryl methyl sites for hydroxylation is 1. The maximum Gasteiger partial charge on any atom is 0.169 e. The topological polar surface area (TPSA) is 42.2 Å². The Morgan fingerprint density at radius 3 is 2.46 bits per heavy atom. The number of carbonyl (C=O) groups excluding carboxylic acids is 1. The standard InChI is InChI=1S/C21H29NO2/c1-20(2)19(21(20,3)4)18(24)16-14-22(12-8-5-9-13-23)17-11-7-6-10-15(16)17/h6-7,10-11,14,19,23H,5,8-9,12-13H2,1-4H3/i5D2,8D2,9D2,12D2,13D2. The number of carbonyl (C=O) groups is 1. The average Bonchev–Trinajstić information content (AvgIpc) is 2.96. The molecule has 1 aromatic heterocycles. The zero-order chi connectivity index (χ0) is 26.5. The van der Waals surface area contributed by atoms with Gasteiger partial charge in [0, 0.05) is 52.6 Å². The molecule has 0 spiro atoms. The summed E-state index contributed by atoms with van der Waals surface area (Å²) in [6, 6.07) is 6.20. The van der Waals surface area contributed by atoms with Gasteiger partial charge < -0.3 is 9.67 Å². The van der Waals surface area contributed by atoms with Crippen LogP contribution in [0.15, 0.2) is 30.5 Å². The van der Waals surface area contributed by atoms with E-state index in [4.69, 9.17) is 13.7 Å². The largest absolute Gasteiger partial charge is 0.396 e. The molecule has 130 valence electrons. The van der Waals surface area contributed by atoms with Gasteiger partial charge in [0.1, 0.15) is 0 Å². The molecule has 0 bridgehead atoms. The van der Waals surface area contributed by atoms with Crippen LogP contribution in [0.1, 0.15) is 70.9 Å². The Bertz CT molecular complexity index is 1130. The number of fused-ring (bicyclic) bond motifs is 1. The molecule has 1 aliphatic carbocycles. The third-order valence-electron chi connectivity index (χ3n) is 5.62. The first-order valence-electron chi connectivity index (χ1n) is 12.9. The maximum absolute atomic E-state index is 13.5. The van der Waals surface area contributed by atoms with Crippen LogP contribution in [0.3, 0.4) is 0 Å². The lowest BCUT2D eigenvalue weighted by atomic mass is 10.0. The van der Waals surface area contributed by atoms with Crippen LogP contribution in [0.25, 0.3) is 10.9 Å². The van der Waals surface area contributed by atoms with E-state index in [1.54, 1.807) is 18.2 Å². The molecule has 3 nitrogen and oxygen atoms in total. The smallest absolute Gasteiger partial charge is 0.169 e. The molecular formula is C21H29NO2. The molecule has 1 fully saturated rings. The van der Waals surface area contributed by atoms with E-state index < -0.39 is 32.2 Å². The summed E-state index contributed by atoms with van der Waals surface area (Å²) in [6.45, 7) is 0.710. The molecule has 24 heavy (non-hydrogen) atoms. The number of ketones is 1. The SMILES string of the molecule is [2H]C([2H])(O)C([2H])([2H])C([2H])([2H])C([2H])([2H])C([2H])([2H])n1cc(C(=O)C2C(C)(C)C2(C)C)c2ccccc21. The molecule has 0 atom stereocenters. The van der Waals surface area contributed by atoms with E-state index in [0.29, 0.717) is 5.39 Å². The second-order valence-electron chi connectivity index (χ2n) is 7.27. The summed E-state index contributed by atoms with van der Waals surface area (Å²) < 4.78 is 80.7. The summed E-state index contributed by atoms with van der Waals surface area (Å²) in [6.07, 6.45) is -10.2. The van der Waals surface area contributed by atoms with E-state index in [1.807, 2.05) is 27.7 Å². The molecule has 0 unspecified atom stereocenters. The second kappa shape index (κ2) is 6.03. The molecule has 1 saturated carbocycles. The number of Topliss-reactive ketones (excluding diaryl/α,β-unsaturated/α-hetero) is 1. The first kappa shape index (κ1) is 8.66. The highest BCUT2D eigenvalue weighted by Crippen LogP contribution is 2.69. The molecule has 1 aromatic carbocycles. The molecule has 3 rings (SSSR count). The Labute approximate surface area is 158 Å². The summed E-state index contributed by atoms with van der Waals surface area (Å²) in [5, 5.41) is 9.91. The first-order chi connectivity index (χ1) is 15.0. The molecule has 1 N–H and O–H groups in total. The van der Waals surface area contributed by atoms with E-state index in [-0.39, 0.29) is 33.6 Å². The van der Waals surface area contributed by atoms with E-state index in [2.05, 4.69) is 0 Å². The minimum atomic E-state index is -3.84. The zero-order valence-electron chi connectivity index (χ0n) is 24.3. The van der Waals surface area contributed by atoms with Gasteiger partial charge in [-0.2, -0.15) is 0 Å². The minimum absolute atomic E-state index is 0.0966. The Kier molecular flexibility index (Phi) is 2.18. The number of nitrogens with zero attached hydrogens (tertiary/aromatic N) is 1. The van der Waals surface area contributed by atoms with Gasteiger partial charge in [-0.3, -0.25) is 4.79 Å². The van der Waals surface area contributed by atoms with Crippen molar-refractivity contribution in [3.8, 4) is 0 Å². The highest BCUT2D eigenvalue weighted by molar-refractivity contribution is 6.11. The van der Waals surface area contributed by atoms with Crippen molar-refractivity contribution in [3.05, 3.63) is 36.0 Å². The van der Waals surface area contributed by atoms with Crippen molar-refractivity contribution in [2.24, 2.45) is 16.7 Å². The van der Waals surface area contributed by atoms with Gasteiger partial charge in [0.05, 0.1) is 2.74 Å². The van der Waals surface area contributed by atoms with E-state index >= 15 is 0 Å². The third kappa shape index (κ3) is 2.59. The van der Waals surface area contributed by atoms with Gasteiger partial charge in [-0.05, 0) is 36.0 Å². The van der Waals surface area contributed by atoms with Gasteiger partial charge in [-0.1, -0.05) is 45.9 Å². The van der Waals surface area contributed by atoms with Crippen molar-refractivity contribution >= 4 is 16.7 Å². The van der Waals surface area contributed by atoms with Crippen LogP contribution >= 0.6 is 0 Å². The highest BCUT2D eigenvalue weighted by atomic mass is 16.2. The minimum Gasteiger partial charge on any atom is -0.396 e. The molecule has 0 saturated heterocycles. The number of aromatic nitrogens is 1. The van der Waals surface area contributed by atoms with Crippen molar-refractivity contribution in [1.29, 1.82) is 0 Å². The summed E-state index contributed by atoms with van der Waals surface area (Å²) in [7, 11) is 0. The predicted octanol–water partition coefficient (Wildman–Crippen LogP) is 4.67. The molecule has 1 heterocycles. The third-order valence-corrected chi connectivity index (χ3v) is 5.62. The second-order valence-corrected chi connectivity index (χ2v) is 7.27. The lowest BCUT2D eigenvalue weighted by molar-refractivity contribution is 0.0946. The van der Waals surface area contributed by atoms with Crippen molar-refractivity contribution in [1.82, 2.24) is 4.57 Å². The first-order valence-corrected chi connectivity index (χ1v) is 7.87. The normalized spacial score (nSPS) is 28.0. The Balaban J connectivity index is 2.20. The Morgan fingerprint density at radius 2 is 1.83 bits per heavy atom. The van der Waals surface area contributed by atoms with Crippen LogP contribution in [-0.4, -0.2) is 22.0 Å². The zero-order valence-corrected chi connectivity index (χ0v) is 14.3. The molecule has 1 aliphatic rings. The van der Waals surface area contributed by atoms with E-state index in [0.717, 1.165) is 10.8 Å². The van der Waals surface area contributed by atoms with Crippen molar-refractivity contribution < 1.29 is 23.6 Å². The van der Waals surface area contributed by atoms with Crippen LogP contribution in [0.4, 0.5) is 0 Å². The summed E-state index contributed by atoms with van der Waals surface area (Å²) >= 11 is 0. The molecular weight excluding hydrogens is 298 g/mol. The van der Waals surface area contributed by atoms with E-state index in [9.17, 15) is 9.90 Å². The summed E-state index contributed by atoms with van der Waals surface area (Å²) in [4.78, 5) is 13.5. The van der Waals surface area contributed by atoms with E-state index in [1.165, 1.54) is 6.07 Å². The van der Waals surface area contributed by atoms with Gasteiger partial charge in [-0.25, -0.2) is 0 Å².